The van der Waals surface area contributed by atoms with Crippen molar-refractivity contribution in [2.75, 3.05) is 6.54 Å². The monoisotopic (exact) mass is 304 g/mol. The van der Waals surface area contributed by atoms with E-state index in [0.29, 0.717) is 12.5 Å². The Hall–Kier alpha value is -1.42. The molecule has 22 heavy (non-hydrogen) atoms. The predicted molar refractivity (Wildman–Crippen MR) is 84.9 cm³/mol. The van der Waals surface area contributed by atoms with E-state index in [1.165, 1.54) is 25.0 Å². The SMILES string of the molecule is NC(CNC(=O)C1(c2cccc(F)c2)CCCCC1)C1CC1. The highest BCUT2D eigenvalue weighted by Gasteiger charge is 2.41. The average Bonchev–Trinajstić information content (AvgIpc) is 3.38. The van der Waals surface area contributed by atoms with Gasteiger partial charge in [0.05, 0.1) is 5.41 Å². The van der Waals surface area contributed by atoms with Gasteiger partial charge in [-0.05, 0) is 49.3 Å². The Balaban J connectivity index is 1.77. The van der Waals surface area contributed by atoms with E-state index in [0.717, 1.165) is 37.7 Å². The number of hydrogen-bond donors (Lipinski definition) is 2. The maximum Gasteiger partial charge on any atom is 0.230 e. The summed E-state index contributed by atoms with van der Waals surface area (Å²) in [6.07, 6.45) is 7.10. The standard InChI is InChI=1S/C18H25FN2O/c19-15-6-4-5-14(11-15)18(9-2-1-3-10-18)17(22)21-12-16(20)13-7-8-13/h4-6,11,13,16H,1-3,7-10,12,20H2,(H,21,22). The molecule has 120 valence electrons. The highest BCUT2D eigenvalue weighted by atomic mass is 19.1. The fourth-order valence-corrected chi connectivity index (χ4v) is 3.66. The van der Waals surface area contributed by atoms with Gasteiger partial charge in [-0.25, -0.2) is 4.39 Å². The van der Waals surface area contributed by atoms with Gasteiger partial charge < -0.3 is 11.1 Å². The molecule has 1 aromatic carbocycles. The topological polar surface area (TPSA) is 55.1 Å². The highest BCUT2D eigenvalue weighted by Crippen LogP contribution is 2.40. The number of nitrogens with one attached hydrogen (secondary N) is 1. The molecule has 1 unspecified atom stereocenters. The van der Waals surface area contributed by atoms with Crippen molar-refractivity contribution < 1.29 is 9.18 Å². The van der Waals surface area contributed by atoms with E-state index in [1.54, 1.807) is 6.07 Å². The lowest BCUT2D eigenvalue weighted by Crippen LogP contribution is -2.49. The summed E-state index contributed by atoms with van der Waals surface area (Å²) in [4.78, 5) is 12.9. The summed E-state index contributed by atoms with van der Waals surface area (Å²) in [6, 6.07) is 6.59. The molecule has 1 aromatic rings. The van der Waals surface area contributed by atoms with Crippen molar-refractivity contribution in [2.24, 2.45) is 11.7 Å². The van der Waals surface area contributed by atoms with E-state index >= 15 is 0 Å². The van der Waals surface area contributed by atoms with E-state index in [1.807, 2.05) is 6.07 Å². The molecule has 1 amide bonds. The van der Waals surface area contributed by atoms with Crippen molar-refractivity contribution in [1.82, 2.24) is 5.32 Å². The van der Waals surface area contributed by atoms with Crippen LogP contribution in [0, 0.1) is 11.7 Å². The van der Waals surface area contributed by atoms with Crippen LogP contribution in [-0.2, 0) is 10.2 Å². The van der Waals surface area contributed by atoms with Crippen LogP contribution in [0.1, 0.15) is 50.5 Å². The number of halogens is 1. The van der Waals surface area contributed by atoms with Gasteiger partial charge in [0.15, 0.2) is 0 Å². The molecule has 0 spiro atoms. The van der Waals surface area contributed by atoms with Gasteiger partial charge in [0.2, 0.25) is 5.91 Å². The van der Waals surface area contributed by atoms with Gasteiger partial charge in [-0.2, -0.15) is 0 Å². The summed E-state index contributed by atoms with van der Waals surface area (Å²) >= 11 is 0. The highest BCUT2D eigenvalue weighted by molar-refractivity contribution is 5.88. The number of benzene rings is 1. The molecule has 3 nitrogen and oxygen atoms in total. The molecule has 3 rings (SSSR count). The number of carbonyl (C=O) groups is 1. The molecule has 2 fully saturated rings. The Morgan fingerprint density at radius 1 is 1.32 bits per heavy atom. The first-order chi connectivity index (χ1) is 10.6. The molecule has 0 bridgehead atoms. The second-order valence-corrected chi connectivity index (χ2v) is 6.86. The molecule has 0 aromatic heterocycles. The smallest absolute Gasteiger partial charge is 0.230 e. The molecule has 2 saturated carbocycles. The lowest BCUT2D eigenvalue weighted by Gasteiger charge is -2.36. The molecular formula is C18H25FN2O. The Kier molecular flexibility index (Phi) is 4.48. The van der Waals surface area contributed by atoms with E-state index in [4.69, 9.17) is 5.73 Å². The van der Waals surface area contributed by atoms with Gasteiger partial charge >= 0.3 is 0 Å². The first-order valence-corrected chi connectivity index (χ1v) is 8.42. The second kappa shape index (κ2) is 6.37. The van der Waals surface area contributed by atoms with Crippen LogP contribution in [0.3, 0.4) is 0 Å². The number of nitrogens with two attached hydrogens (primary N) is 1. The largest absolute Gasteiger partial charge is 0.354 e. The third kappa shape index (κ3) is 3.17. The van der Waals surface area contributed by atoms with Crippen molar-refractivity contribution in [3.8, 4) is 0 Å². The minimum absolute atomic E-state index is 0.0221. The van der Waals surface area contributed by atoms with E-state index in [9.17, 15) is 9.18 Å². The van der Waals surface area contributed by atoms with Gasteiger partial charge in [-0.15, -0.1) is 0 Å². The summed E-state index contributed by atoms with van der Waals surface area (Å²) in [5.41, 5.74) is 6.32. The zero-order valence-electron chi connectivity index (χ0n) is 13.0. The molecule has 3 N–H and O–H groups in total. The van der Waals surface area contributed by atoms with E-state index in [2.05, 4.69) is 5.32 Å². The summed E-state index contributed by atoms with van der Waals surface area (Å²) in [5, 5.41) is 3.05. The molecule has 0 aliphatic heterocycles. The predicted octanol–water partition coefficient (Wildman–Crippen LogP) is 2.88. The van der Waals surface area contributed by atoms with Crippen molar-refractivity contribution >= 4 is 5.91 Å². The Bertz CT molecular complexity index is 536. The second-order valence-electron chi connectivity index (χ2n) is 6.86. The number of carbonyl (C=O) groups excluding carboxylic acids is 1. The van der Waals surface area contributed by atoms with E-state index in [-0.39, 0.29) is 17.8 Å². The summed E-state index contributed by atoms with van der Waals surface area (Å²) in [5.74, 6) is 0.315. The number of amides is 1. The molecule has 0 radical (unpaired) electrons. The van der Waals surface area contributed by atoms with Crippen molar-refractivity contribution in [2.45, 2.75) is 56.4 Å². The van der Waals surface area contributed by atoms with Crippen LogP contribution in [0.5, 0.6) is 0 Å². The van der Waals surface area contributed by atoms with Crippen LogP contribution in [-0.4, -0.2) is 18.5 Å². The molecule has 4 heteroatoms. The third-order valence-electron chi connectivity index (χ3n) is 5.24. The maximum absolute atomic E-state index is 13.6. The van der Waals surface area contributed by atoms with Gasteiger partial charge in [0.25, 0.3) is 0 Å². The maximum atomic E-state index is 13.6. The van der Waals surface area contributed by atoms with Crippen LogP contribution < -0.4 is 11.1 Å². The van der Waals surface area contributed by atoms with Crippen LogP contribution >= 0.6 is 0 Å². The fraction of sp³-hybridized carbons (Fsp3) is 0.611. The average molecular weight is 304 g/mol. The Morgan fingerprint density at radius 2 is 2.05 bits per heavy atom. The quantitative estimate of drug-likeness (QED) is 0.879. The summed E-state index contributed by atoms with van der Waals surface area (Å²) in [6.45, 7) is 0.528. The van der Waals surface area contributed by atoms with Gasteiger partial charge in [-0.3, -0.25) is 4.79 Å². The normalized spacial score (nSPS) is 22.1. The van der Waals surface area contributed by atoms with Gasteiger partial charge in [-0.1, -0.05) is 31.4 Å². The van der Waals surface area contributed by atoms with Crippen molar-refractivity contribution in [3.05, 3.63) is 35.6 Å². The van der Waals surface area contributed by atoms with Crippen LogP contribution in [0.2, 0.25) is 0 Å². The molecule has 0 saturated heterocycles. The summed E-state index contributed by atoms with van der Waals surface area (Å²) in [7, 11) is 0. The van der Waals surface area contributed by atoms with Gasteiger partial charge in [0, 0.05) is 12.6 Å². The number of rotatable bonds is 5. The van der Waals surface area contributed by atoms with Crippen LogP contribution in [0.4, 0.5) is 4.39 Å². The zero-order valence-corrected chi connectivity index (χ0v) is 13.0. The van der Waals surface area contributed by atoms with Crippen LogP contribution in [0.15, 0.2) is 24.3 Å². The number of hydrogen-bond acceptors (Lipinski definition) is 2. The lowest BCUT2D eigenvalue weighted by atomic mass is 9.68. The zero-order chi connectivity index (χ0) is 15.6. The third-order valence-corrected chi connectivity index (χ3v) is 5.24. The molecule has 2 aliphatic carbocycles. The minimum atomic E-state index is -0.580. The fourth-order valence-electron chi connectivity index (χ4n) is 3.66. The minimum Gasteiger partial charge on any atom is -0.354 e. The van der Waals surface area contributed by atoms with Crippen LogP contribution in [0.25, 0.3) is 0 Å². The first-order valence-electron chi connectivity index (χ1n) is 8.42. The van der Waals surface area contributed by atoms with Crippen molar-refractivity contribution in [3.63, 3.8) is 0 Å². The lowest BCUT2D eigenvalue weighted by molar-refractivity contribution is -0.128. The van der Waals surface area contributed by atoms with E-state index < -0.39 is 5.41 Å². The Labute approximate surface area is 131 Å². The molecule has 1 atom stereocenters. The van der Waals surface area contributed by atoms with Gasteiger partial charge in [0.1, 0.15) is 5.82 Å². The first kappa shape index (κ1) is 15.5. The molecular weight excluding hydrogens is 279 g/mol. The Morgan fingerprint density at radius 3 is 2.68 bits per heavy atom. The molecule has 0 heterocycles. The van der Waals surface area contributed by atoms with Crippen molar-refractivity contribution in [1.29, 1.82) is 0 Å². The summed E-state index contributed by atoms with van der Waals surface area (Å²) < 4.78 is 13.6. The molecule has 2 aliphatic rings.